The third kappa shape index (κ3) is 2.76. The number of halogens is 1. The molecule has 0 aliphatic heterocycles. The first kappa shape index (κ1) is 10.6. The molecule has 13 heavy (non-hydrogen) atoms. The topological polar surface area (TPSA) is 26.0 Å². The maximum Gasteiger partial charge on any atom is 0.160 e. The predicted molar refractivity (Wildman–Crippen MR) is 61.9 cm³/mol. The van der Waals surface area contributed by atoms with Gasteiger partial charge in [-0.05, 0) is 11.1 Å². The molecule has 0 aliphatic rings. The first-order valence-electron chi connectivity index (χ1n) is 3.73. The van der Waals surface area contributed by atoms with Crippen LogP contribution in [0, 0.1) is 0 Å². The normalized spacial score (nSPS) is 11.3. The van der Waals surface area contributed by atoms with Gasteiger partial charge in [-0.1, -0.05) is 49.3 Å². The summed E-state index contributed by atoms with van der Waals surface area (Å²) in [5.41, 5.74) is 7.36. The molecule has 1 nitrogen and oxygen atoms in total. The van der Waals surface area contributed by atoms with E-state index in [-0.39, 0.29) is 0 Å². The zero-order chi connectivity index (χ0) is 10.1. The zero-order valence-electron chi connectivity index (χ0n) is 7.13. The molecule has 1 aromatic rings. The van der Waals surface area contributed by atoms with Gasteiger partial charge < -0.3 is 5.73 Å². The fraction of sp³-hybridized carbons (Fsp3) is 0.111. The van der Waals surface area contributed by atoms with E-state index in [4.69, 9.17) is 5.73 Å². The van der Waals surface area contributed by atoms with E-state index in [2.05, 4.69) is 25.1 Å². The van der Waals surface area contributed by atoms with E-state index in [0.29, 0.717) is 11.3 Å². The molecular formula is C9H12FNP2. The maximum atomic E-state index is 13.3. The van der Waals surface area contributed by atoms with Crippen molar-refractivity contribution in [2.75, 3.05) is 0 Å². The number of hydrogen-bond acceptors (Lipinski definition) is 1. The summed E-state index contributed by atoms with van der Waals surface area (Å²) in [5.74, 6) is 0. The summed E-state index contributed by atoms with van der Waals surface area (Å²) in [6.07, 6.45) is 0. The highest BCUT2D eigenvalue weighted by atomic mass is 31.1. The number of rotatable bonds is 2. The van der Waals surface area contributed by atoms with Crippen molar-refractivity contribution in [3.63, 3.8) is 0 Å². The molecule has 2 unspecified atom stereocenters. The molecule has 1 aromatic carbocycles. The third-order valence-electron chi connectivity index (χ3n) is 1.70. The Morgan fingerprint density at radius 2 is 1.77 bits per heavy atom. The third-order valence-corrected chi connectivity index (χ3v) is 2.36. The molecule has 0 heterocycles. The molecule has 0 aliphatic carbocycles. The van der Waals surface area contributed by atoms with Crippen LogP contribution >= 0.6 is 18.5 Å². The van der Waals surface area contributed by atoms with Gasteiger partial charge in [0.1, 0.15) is 0 Å². The standard InChI is InChI=1S/C9H12FNP2/c1-6(11)7-2-4-8(5-3-7)9(10,12)13/h2-5H,1,11-13H2. The van der Waals surface area contributed by atoms with E-state index in [1.54, 1.807) is 24.3 Å². The predicted octanol–water partition coefficient (Wildman–Crippen LogP) is 2.45. The molecule has 2 atom stereocenters. The van der Waals surface area contributed by atoms with E-state index in [0.717, 1.165) is 5.56 Å². The molecule has 0 bridgehead atoms. The first-order valence-corrected chi connectivity index (χ1v) is 4.88. The zero-order valence-corrected chi connectivity index (χ0v) is 9.44. The van der Waals surface area contributed by atoms with Crippen LogP contribution in [0.2, 0.25) is 0 Å². The number of benzene rings is 1. The van der Waals surface area contributed by atoms with Gasteiger partial charge in [-0.2, -0.15) is 0 Å². The molecule has 1 rings (SSSR count). The average Bonchev–Trinajstić information content (AvgIpc) is 2.03. The summed E-state index contributed by atoms with van der Waals surface area (Å²) >= 11 is 0. The van der Waals surface area contributed by atoms with E-state index < -0.39 is 5.15 Å². The van der Waals surface area contributed by atoms with Crippen molar-refractivity contribution >= 4 is 24.2 Å². The van der Waals surface area contributed by atoms with Gasteiger partial charge in [-0.3, -0.25) is 0 Å². The Bertz CT molecular complexity index is 313. The van der Waals surface area contributed by atoms with Crippen molar-refractivity contribution in [3.8, 4) is 0 Å². The van der Waals surface area contributed by atoms with Crippen LogP contribution in [0.5, 0.6) is 0 Å². The Hall–Kier alpha value is -0.450. The summed E-state index contributed by atoms with van der Waals surface area (Å²) in [6.45, 7) is 3.59. The van der Waals surface area contributed by atoms with Crippen LogP contribution in [0.15, 0.2) is 30.8 Å². The molecule has 0 amide bonds. The van der Waals surface area contributed by atoms with Gasteiger partial charge in [0.25, 0.3) is 0 Å². The number of hydrogen-bond donors (Lipinski definition) is 1. The average molecular weight is 215 g/mol. The molecular weight excluding hydrogens is 203 g/mol. The van der Waals surface area contributed by atoms with Crippen molar-refractivity contribution in [1.82, 2.24) is 0 Å². The van der Waals surface area contributed by atoms with Crippen molar-refractivity contribution in [1.29, 1.82) is 0 Å². The molecule has 0 saturated heterocycles. The monoisotopic (exact) mass is 215 g/mol. The summed E-state index contributed by atoms with van der Waals surface area (Å²) in [6, 6.07) is 6.88. The van der Waals surface area contributed by atoms with Crippen LogP contribution in [0.3, 0.4) is 0 Å². The fourth-order valence-corrected chi connectivity index (χ4v) is 1.32. The summed E-state index contributed by atoms with van der Waals surface area (Å²) in [4.78, 5) is 0. The molecule has 0 radical (unpaired) electrons. The van der Waals surface area contributed by atoms with Gasteiger partial charge in [-0.25, -0.2) is 4.39 Å². The van der Waals surface area contributed by atoms with Gasteiger partial charge in [0.2, 0.25) is 0 Å². The Kier molecular flexibility index (Phi) is 3.05. The minimum Gasteiger partial charge on any atom is -0.399 e. The Balaban J connectivity index is 3.01. The lowest BCUT2D eigenvalue weighted by atomic mass is 10.1. The minimum atomic E-state index is -1.46. The van der Waals surface area contributed by atoms with Gasteiger partial charge in [0.05, 0.1) is 0 Å². The number of alkyl halides is 1. The van der Waals surface area contributed by atoms with Gasteiger partial charge in [0.15, 0.2) is 5.15 Å². The fourth-order valence-electron chi connectivity index (χ4n) is 0.940. The summed E-state index contributed by atoms with van der Waals surface area (Å²) in [7, 11) is 4.23. The van der Waals surface area contributed by atoms with E-state index in [9.17, 15) is 4.39 Å². The van der Waals surface area contributed by atoms with Crippen LogP contribution in [-0.4, -0.2) is 0 Å². The van der Waals surface area contributed by atoms with Crippen LogP contribution in [0.4, 0.5) is 4.39 Å². The molecule has 0 aromatic heterocycles. The van der Waals surface area contributed by atoms with Crippen LogP contribution in [0.1, 0.15) is 11.1 Å². The molecule has 2 N–H and O–H groups in total. The van der Waals surface area contributed by atoms with Crippen molar-refractivity contribution in [3.05, 3.63) is 42.0 Å². The lowest BCUT2D eigenvalue weighted by molar-refractivity contribution is 0.423. The Morgan fingerprint density at radius 3 is 2.08 bits per heavy atom. The molecule has 70 valence electrons. The van der Waals surface area contributed by atoms with Crippen LogP contribution in [-0.2, 0) is 5.15 Å². The lowest BCUT2D eigenvalue weighted by Crippen LogP contribution is -2.00. The largest absolute Gasteiger partial charge is 0.399 e. The SMILES string of the molecule is C=C(N)c1ccc(C(F)(P)P)cc1. The highest BCUT2D eigenvalue weighted by Gasteiger charge is 2.18. The van der Waals surface area contributed by atoms with Crippen molar-refractivity contribution in [2.45, 2.75) is 5.15 Å². The van der Waals surface area contributed by atoms with Gasteiger partial charge in [-0.15, -0.1) is 0 Å². The smallest absolute Gasteiger partial charge is 0.160 e. The lowest BCUT2D eigenvalue weighted by Gasteiger charge is -2.14. The highest BCUT2D eigenvalue weighted by Crippen LogP contribution is 2.39. The minimum absolute atomic E-state index is 0.489. The van der Waals surface area contributed by atoms with Crippen molar-refractivity contribution < 1.29 is 4.39 Å². The van der Waals surface area contributed by atoms with Crippen molar-refractivity contribution in [2.24, 2.45) is 5.73 Å². The second-order valence-electron chi connectivity index (χ2n) is 2.87. The quantitative estimate of drug-likeness (QED) is 0.753. The van der Waals surface area contributed by atoms with Gasteiger partial charge >= 0.3 is 0 Å². The maximum absolute atomic E-state index is 13.3. The van der Waals surface area contributed by atoms with Crippen LogP contribution < -0.4 is 5.73 Å². The second kappa shape index (κ2) is 3.74. The van der Waals surface area contributed by atoms with Crippen LogP contribution in [0.25, 0.3) is 5.70 Å². The second-order valence-corrected chi connectivity index (χ2v) is 5.22. The number of nitrogens with two attached hydrogens (primary N) is 1. The van der Waals surface area contributed by atoms with E-state index >= 15 is 0 Å². The molecule has 0 saturated carbocycles. The van der Waals surface area contributed by atoms with E-state index in [1.165, 1.54) is 0 Å². The molecule has 0 fully saturated rings. The first-order chi connectivity index (χ1) is 5.91. The van der Waals surface area contributed by atoms with Gasteiger partial charge in [0, 0.05) is 5.70 Å². The summed E-state index contributed by atoms with van der Waals surface area (Å²) < 4.78 is 13.3. The molecule has 0 spiro atoms. The summed E-state index contributed by atoms with van der Waals surface area (Å²) in [5, 5.41) is -1.46. The highest BCUT2D eigenvalue weighted by molar-refractivity contribution is 7.38. The Morgan fingerprint density at radius 1 is 1.31 bits per heavy atom. The Labute approximate surface area is 82.0 Å². The van der Waals surface area contributed by atoms with E-state index in [1.807, 2.05) is 0 Å². The molecule has 4 heteroatoms.